The van der Waals surface area contributed by atoms with E-state index in [2.05, 4.69) is 25.2 Å². The van der Waals surface area contributed by atoms with Crippen molar-refractivity contribution in [2.45, 2.75) is 27.2 Å². The van der Waals surface area contributed by atoms with Gasteiger partial charge in [0.1, 0.15) is 10.1 Å². The first-order valence-electron chi connectivity index (χ1n) is 9.81. The molecule has 0 aliphatic carbocycles. The van der Waals surface area contributed by atoms with Gasteiger partial charge in [0, 0.05) is 6.42 Å². The molecular weight excluding hydrogens is 418 g/mol. The molecule has 0 bridgehead atoms. The zero-order chi connectivity index (χ0) is 21.5. The lowest BCUT2D eigenvalue weighted by Gasteiger charge is -2.13. The van der Waals surface area contributed by atoms with Crippen molar-refractivity contribution < 1.29 is 19.0 Å². The van der Waals surface area contributed by atoms with E-state index in [9.17, 15) is 4.79 Å². The first kappa shape index (κ1) is 22.2. The molecule has 0 saturated carbocycles. The number of aryl methyl sites for hydroxylation is 2. The van der Waals surface area contributed by atoms with Gasteiger partial charge in [-0.1, -0.05) is 36.1 Å². The molecule has 158 valence electrons. The monoisotopic (exact) mass is 443 g/mol. The highest BCUT2D eigenvalue weighted by Crippen LogP contribution is 2.32. The molecule has 5 nitrogen and oxygen atoms in total. The molecule has 1 fully saturated rings. The first-order valence-corrected chi connectivity index (χ1v) is 11.0. The molecule has 1 saturated heterocycles. The molecule has 2 aromatic carbocycles. The average Bonchev–Trinajstić information content (AvgIpc) is 3.02. The molecule has 0 radical (unpaired) electrons. The Balaban J connectivity index is 1.56. The molecule has 0 atom stereocenters. The van der Waals surface area contributed by atoms with Crippen LogP contribution in [-0.2, 0) is 4.79 Å². The van der Waals surface area contributed by atoms with E-state index in [1.54, 1.807) is 6.08 Å². The van der Waals surface area contributed by atoms with Crippen LogP contribution in [0.25, 0.3) is 6.08 Å². The van der Waals surface area contributed by atoms with E-state index in [1.807, 2.05) is 37.3 Å². The lowest BCUT2D eigenvalue weighted by atomic mass is 10.1. The number of carbonyl (C=O) groups is 1. The smallest absolute Gasteiger partial charge is 0.263 e. The zero-order valence-electron chi connectivity index (χ0n) is 17.3. The third-order valence-corrected chi connectivity index (χ3v) is 5.66. The highest BCUT2D eigenvalue weighted by molar-refractivity contribution is 8.26. The largest absolute Gasteiger partial charge is 0.493 e. The van der Waals surface area contributed by atoms with Gasteiger partial charge in [-0.15, -0.1) is 0 Å². The van der Waals surface area contributed by atoms with E-state index in [-0.39, 0.29) is 5.91 Å². The summed E-state index contributed by atoms with van der Waals surface area (Å²) in [7, 11) is 0. The Hall–Kier alpha value is -2.51. The molecule has 0 unspecified atom stereocenters. The molecule has 1 amide bonds. The third-order valence-electron chi connectivity index (χ3n) is 4.50. The number of nitrogens with one attached hydrogen (secondary N) is 1. The minimum Gasteiger partial charge on any atom is -0.493 e. The van der Waals surface area contributed by atoms with Gasteiger partial charge in [-0.2, -0.15) is 0 Å². The van der Waals surface area contributed by atoms with Gasteiger partial charge in [0.15, 0.2) is 11.5 Å². The molecule has 3 rings (SSSR count). The summed E-state index contributed by atoms with van der Waals surface area (Å²) in [5.74, 6) is 2.02. The van der Waals surface area contributed by atoms with E-state index in [1.165, 1.54) is 22.9 Å². The average molecular weight is 444 g/mol. The maximum absolute atomic E-state index is 11.9. The molecule has 1 aliphatic heterocycles. The Morgan fingerprint density at radius 2 is 1.80 bits per heavy atom. The Morgan fingerprint density at radius 3 is 2.50 bits per heavy atom. The van der Waals surface area contributed by atoms with Crippen molar-refractivity contribution in [3.63, 3.8) is 0 Å². The van der Waals surface area contributed by atoms with Crippen molar-refractivity contribution in [3.05, 3.63) is 58.0 Å². The summed E-state index contributed by atoms with van der Waals surface area (Å²) in [6, 6.07) is 11.7. The molecule has 0 spiro atoms. The number of thiocarbonyl (C=S) groups is 1. The number of ether oxygens (including phenoxy) is 3. The lowest BCUT2D eigenvalue weighted by molar-refractivity contribution is -0.115. The summed E-state index contributed by atoms with van der Waals surface area (Å²) in [5.41, 5.74) is 3.32. The number of hydrogen-bond acceptors (Lipinski definition) is 6. The van der Waals surface area contributed by atoms with Crippen LogP contribution in [0.1, 0.15) is 30.0 Å². The standard InChI is InChI=1S/C23H25NO4S2/c1-4-26-20-13-17(14-21-22(25)24-23(29)30-21)7-9-19(20)28-11-5-10-27-18-8-6-15(2)16(3)12-18/h6-9,12-14H,4-5,10-11H2,1-3H3,(H,24,25,29)/b21-14+. The fourth-order valence-electron chi connectivity index (χ4n) is 2.81. The summed E-state index contributed by atoms with van der Waals surface area (Å²) < 4.78 is 17.9. The van der Waals surface area contributed by atoms with E-state index < -0.39 is 0 Å². The number of hydrogen-bond donors (Lipinski definition) is 1. The van der Waals surface area contributed by atoms with Gasteiger partial charge in [-0.25, -0.2) is 0 Å². The van der Waals surface area contributed by atoms with E-state index in [0.29, 0.717) is 40.5 Å². The summed E-state index contributed by atoms with van der Waals surface area (Å²) in [5, 5.41) is 2.62. The van der Waals surface area contributed by atoms with Gasteiger partial charge in [0.05, 0.1) is 24.7 Å². The van der Waals surface area contributed by atoms with Gasteiger partial charge in [0.25, 0.3) is 5.91 Å². The number of amides is 1. The van der Waals surface area contributed by atoms with Crippen LogP contribution in [0.4, 0.5) is 0 Å². The maximum atomic E-state index is 11.9. The predicted octanol–water partition coefficient (Wildman–Crippen LogP) is 5.04. The second-order valence-corrected chi connectivity index (χ2v) is 8.51. The van der Waals surface area contributed by atoms with Crippen molar-refractivity contribution in [1.29, 1.82) is 0 Å². The van der Waals surface area contributed by atoms with Crippen molar-refractivity contribution in [1.82, 2.24) is 5.32 Å². The first-order chi connectivity index (χ1) is 14.5. The summed E-state index contributed by atoms with van der Waals surface area (Å²) in [6.07, 6.45) is 2.54. The Labute approximate surface area is 186 Å². The highest BCUT2D eigenvalue weighted by atomic mass is 32.2. The van der Waals surface area contributed by atoms with Crippen molar-refractivity contribution in [3.8, 4) is 17.2 Å². The zero-order valence-corrected chi connectivity index (χ0v) is 19.0. The topological polar surface area (TPSA) is 56.8 Å². The van der Waals surface area contributed by atoms with Crippen LogP contribution >= 0.6 is 24.0 Å². The second-order valence-electron chi connectivity index (χ2n) is 6.79. The van der Waals surface area contributed by atoms with Gasteiger partial charge < -0.3 is 19.5 Å². The SMILES string of the molecule is CCOc1cc(/C=C2/SC(=S)NC2=O)ccc1OCCCOc1ccc(C)c(C)c1. The molecule has 1 aliphatic rings. The predicted molar refractivity (Wildman–Crippen MR) is 125 cm³/mol. The fraction of sp³-hybridized carbons (Fsp3) is 0.304. The molecule has 2 aromatic rings. The molecule has 1 N–H and O–H groups in total. The van der Waals surface area contributed by atoms with Crippen LogP contribution in [-0.4, -0.2) is 30.0 Å². The highest BCUT2D eigenvalue weighted by Gasteiger charge is 2.22. The van der Waals surface area contributed by atoms with Crippen molar-refractivity contribution in [2.75, 3.05) is 19.8 Å². The normalized spacial score (nSPS) is 14.7. The molecule has 0 aromatic heterocycles. The van der Waals surface area contributed by atoms with Crippen LogP contribution in [0.3, 0.4) is 0 Å². The molecule has 7 heteroatoms. The van der Waals surface area contributed by atoms with Crippen molar-refractivity contribution >= 4 is 40.3 Å². The van der Waals surface area contributed by atoms with Crippen LogP contribution < -0.4 is 19.5 Å². The van der Waals surface area contributed by atoms with E-state index >= 15 is 0 Å². The van der Waals surface area contributed by atoms with Gasteiger partial charge in [-0.3, -0.25) is 4.79 Å². The Bertz CT molecular complexity index is 972. The van der Waals surface area contributed by atoms with Gasteiger partial charge in [-0.05, 0) is 67.8 Å². The van der Waals surface area contributed by atoms with Crippen LogP contribution in [0.5, 0.6) is 17.2 Å². The Kier molecular flexibility index (Phi) is 7.76. The van der Waals surface area contributed by atoms with Crippen LogP contribution in [0, 0.1) is 13.8 Å². The molecule has 30 heavy (non-hydrogen) atoms. The third kappa shape index (κ3) is 6.00. The van der Waals surface area contributed by atoms with E-state index in [4.69, 9.17) is 26.4 Å². The van der Waals surface area contributed by atoms with E-state index in [0.717, 1.165) is 17.7 Å². The summed E-state index contributed by atoms with van der Waals surface area (Å²) in [6.45, 7) is 7.68. The lowest BCUT2D eigenvalue weighted by Crippen LogP contribution is -2.17. The number of carbonyl (C=O) groups excluding carboxylic acids is 1. The quantitative estimate of drug-likeness (QED) is 0.333. The van der Waals surface area contributed by atoms with Crippen molar-refractivity contribution in [2.24, 2.45) is 0 Å². The minimum absolute atomic E-state index is 0.174. The van der Waals surface area contributed by atoms with Gasteiger partial charge >= 0.3 is 0 Å². The Morgan fingerprint density at radius 1 is 1.00 bits per heavy atom. The number of thioether (sulfide) groups is 1. The molecule has 1 heterocycles. The molecular formula is C23H25NO4S2. The fourth-order valence-corrected chi connectivity index (χ4v) is 3.85. The minimum atomic E-state index is -0.174. The summed E-state index contributed by atoms with van der Waals surface area (Å²) >= 11 is 6.28. The van der Waals surface area contributed by atoms with Crippen LogP contribution in [0.15, 0.2) is 41.3 Å². The summed E-state index contributed by atoms with van der Waals surface area (Å²) in [4.78, 5) is 12.4. The number of rotatable bonds is 9. The second kappa shape index (κ2) is 10.5. The van der Waals surface area contributed by atoms with Crippen LogP contribution in [0.2, 0.25) is 0 Å². The maximum Gasteiger partial charge on any atom is 0.263 e. The number of benzene rings is 2. The van der Waals surface area contributed by atoms with Gasteiger partial charge in [0.2, 0.25) is 0 Å².